The second kappa shape index (κ2) is 6.85. The second-order valence-corrected chi connectivity index (χ2v) is 7.25. The third-order valence-corrected chi connectivity index (χ3v) is 4.31. The van der Waals surface area contributed by atoms with Crippen LogP contribution < -0.4 is 4.74 Å². The Morgan fingerprint density at radius 3 is 2.62 bits per heavy atom. The van der Waals surface area contributed by atoms with Gasteiger partial charge in [0, 0.05) is 13.3 Å². The number of amidine groups is 1. The Kier molecular flexibility index (Phi) is 4.81. The van der Waals surface area contributed by atoms with Gasteiger partial charge < -0.3 is 19.1 Å². The lowest BCUT2D eigenvalue weighted by molar-refractivity contribution is 0.138. The van der Waals surface area contributed by atoms with E-state index in [1.165, 1.54) is 5.56 Å². The van der Waals surface area contributed by atoms with Crippen LogP contribution in [0.25, 0.3) is 0 Å². The molecular weight excluding hydrogens is 304 g/mol. The number of aliphatic imine (C=N–C) groups is 1. The maximum Gasteiger partial charge on any atom is 0.293 e. The number of methoxy groups -OCH3 is 1. The molecular formula is C19H26N2O3. The predicted molar refractivity (Wildman–Crippen MR) is 94.5 cm³/mol. The van der Waals surface area contributed by atoms with Gasteiger partial charge in [0.15, 0.2) is 6.10 Å². The number of rotatable bonds is 5. The van der Waals surface area contributed by atoms with Crippen molar-refractivity contribution in [2.45, 2.75) is 38.3 Å². The molecule has 0 amide bonds. The van der Waals surface area contributed by atoms with Crippen LogP contribution in [0.1, 0.15) is 26.3 Å². The molecule has 5 heteroatoms. The van der Waals surface area contributed by atoms with Crippen molar-refractivity contribution < 1.29 is 14.2 Å². The van der Waals surface area contributed by atoms with Crippen molar-refractivity contribution in [3.8, 4) is 5.75 Å². The fourth-order valence-electron chi connectivity index (χ4n) is 2.89. The van der Waals surface area contributed by atoms with Crippen LogP contribution in [-0.2, 0) is 14.9 Å². The highest BCUT2D eigenvalue weighted by atomic mass is 16.6. The molecule has 1 aromatic carbocycles. The van der Waals surface area contributed by atoms with E-state index in [0.29, 0.717) is 19.2 Å². The van der Waals surface area contributed by atoms with Gasteiger partial charge in [-0.3, -0.25) is 0 Å². The summed E-state index contributed by atoms with van der Waals surface area (Å²) in [4.78, 5) is 6.42. The first kappa shape index (κ1) is 16.8. The molecule has 2 aliphatic heterocycles. The SMILES string of the molecule is COCC1C=CN=C2O[C@H](COc3ccc(C(C)(C)C)cc3)CN21. The molecule has 130 valence electrons. The van der Waals surface area contributed by atoms with E-state index in [0.717, 1.165) is 12.3 Å². The zero-order valence-corrected chi connectivity index (χ0v) is 14.9. The average molecular weight is 330 g/mol. The third-order valence-electron chi connectivity index (χ3n) is 4.31. The van der Waals surface area contributed by atoms with Crippen LogP contribution in [0, 0.1) is 0 Å². The average Bonchev–Trinajstić information content (AvgIpc) is 2.97. The topological polar surface area (TPSA) is 43.3 Å². The Morgan fingerprint density at radius 1 is 1.21 bits per heavy atom. The maximum absolute atomic E-state index is 5.90. The zero-order valence-electron chi connectivity index (χ0n) is 14.9. The van der Waals surface area contributed by atoms with Crippen molar-refractivity contribution in [2.24, 2.45) is 4.99 Å². The Bertz CT molecular complexity index is 616. The minimum Gasteiger partial charge on any atom is -0.490 e. The van der Waals surface area contributed by atoms with E-state index in [4.69, 9.17) is 14.2 Å². The van der Waals surface area contributed by atoms with Gasteiger partial charge >= 0.3 is 0 Å². The molecule has 1 aromatic rings. The molecule has 0 radical (unpaired) electrons. The van der Waals surface area contributed by atoms with Gasteiger partial charge in [-0.15, -0.1) is 0 Å². The van der Waals surface area contributed by atoms with Crippen LogP contribution in [-0.4, -0.2) is 49.9 Å². The number of nitrogens with zero attached hydrogens (tertiary/aromatic N) is 2. The van der Waals surface area contributed by atoms with Gasteiger partial charge in [-0.2, -0.15) is 0 Å². The molecule has 0 bridgehead atoms. The van der Waals surface area contributed by atoms with Crippen molar-refractivity contribution >= 4 is 6.02 Å². The molecule has 5 nitrogen and oxygen atoms in total. The van der Waals surface area contributed by atoms with Gasteiger partial charge in [-0.05, 0) is 29.2 Å². The summed E-state index contributed by atoms with van der Waals surface area (Å²) in [6, 6.07) is 9.13. The van der Waals surface area contributed by atoms with Crippen molar-refractivity contribution in [3.05, 3.63) is 42.1 Å². The summed E-state index contributed by atoms with van der Waals surface area (Å²) in [6.07, 6.45) is 3.79. The molecule has 0 N–H and O–H groups in total. The Labute approximate surface area is 143 Å². The summed E-state index contributed by atoms with van der Waals surface area (Å²) in [6.45, 7) is 8.51. The maximum atomic E-state index is 5.90. The largest absolute Gasteiger partial charge is 0.490 e. The summed E-state index contributed by atoms with van der Waals surface area (Å²) in [5, 5.41) is 0. The Hall–Kier alpha value is -2.01. The monoisotopic (exact) mass is 330 g/mol. The lowest BCUT2D eigenvalue weighted by Crippen LogP contribution is -2.40. The summed E-state index contributed by atoms with van der Waals surface area (Å²) >= 11 is 0. The van der Waals surface area contributed by atoms with Gasteiger partial charge in [0.25, 0.3) is 6.02 Å². The fourth-order valence-corrected chi connectivity index (χ4v) is 2.89. The smallest absolute Gasteiger partial charge is 0.293 e. The van der Waals surface area contributed by atoms with Crippen LogP contribution in [0.5, 0.6) is 5.75 Å². The van der Waals surface area contributed by atoms with Crippen LogP contribution in [0.3, 0.4) is 0 Å². The molecule has 3 rings (SSSR count). The summed E-state index contributed by atoms with van der Waals surface area (Å²) in [5.41, 5.74) is 1.45. The van der Waals surface area contributed by atoms with Gasteiger partial charge in [0.2, 0.25) is 0 Å². The van der Waals surface area contributed by atoms with Crippen molar-refractivity contribution in [2.75, 3.05) is 26.9 Å². The van der Waals surface area contributed by atoms with Gasteiger partial charge in [0.05, 0.1) is 19.2 Å². The normalized spacial score (nSPS) is 22.8. The summed E-state index contributed by atoms with van der Waals surface area (Å²) in [7, 11) is 1.71. The molecule has 2 heterocycles. The highest BCUT2D eigenvalue weighted by Gasteiger charge is 2.35. The Morgan fingerprint density at radius 2 is 1.96 bits per heavy atom. The van der Waals surface area contributed by atoms with E-state index >= 15 is 0 Å². The summed E-state index contributed by atoms with van der Waals surface area (Å²) < 4.78 is 17.0. The first-order valence-electron chi connectivity index (χ1n) is 8.37. The quantitative estimate of drug-likeness (QED) is 0.832. The third kappa shape index (κ3) is 3.73. The second-order valence-electron chi connectivity index (χ2n) is 7.25. The van der Waals surface area contributed by atoms with Crippen LogP contribution in [0.2, 0.25) is 0 Å². The number of benzene rings is 1. The molecule has 0 aliphatic carbocycles. The molecule has 1 fully saturated rings. The lowest BCUT2D eigenvalue weighted by Gasteiger charge is -2.26. The van der Waals surface area contributed by atoms with E-state index in [1.807, 2.05) is 18.2 Å². The molecule has 1 unspecified atom stereocenters. The zero-order chi connectivity index (χ0) is 17.2. The standard InChI is InChI=1S/C19H26N2O3/c1-19(2,3)14-5-7-16(8-6-14)23-13-17-11-21-15(12-22-4)9-10-20-18(21)24-17/h5-10,15,17H,11-13H2,1-4H3/t15?,17-/m0/s1. The molecule has 0 spiro atoms. The van der Waals surface area contributed by atoms with E-state index in [-0.39, 0.29) is 17.6 Å². The minimum atomic E-state index is -0.0229. The van der Waals surface area contributed by atoms with Crippen molar-refractivity contribution in [3.63, 3.8) is 0 Å². The molecule has 0 aromatic heterocycles. The van der Waals surface area contributed by atoms with Crippen molar-refractivity contribution in [1.29, 1.82) is 0 Å². The van der Waals surface area contributed by atoms with Gasteiger partial charge in [-0.25, -0.2) is 4.99 Å². The van der Waals surface area contributed by atoms with E-state index in [9.17, 15) is 0 Å². The number of hydrogen-bond donors (Lipinski definition) is 0. The van der Waals surface area contributed by atoms with Gasteiger partial charge in [0.1, 0.15) is 12.4 Å². The highest BCUT2D eigenvalue weighted by molar-refractivity contribution is 5.78. The predicted octanol–water partition coefficient (Wildman–Crippen LogP) is 2.96. The molecule has 2 atom stereocenters. The lowest BCUT2D eigenvalue weighted by atomic mass is 9.87. The van der Waals surface area contributed by atoms with Crippen LogP contribution in [0.15, 0.2) is 41.5 Å². The molecule has 0 saturated carbocycles. The number of ether oxygens (including phenoxy) is 3. The fraction of sp³-hybridized carbons (Fsp3) is 0.526. The van der Waals surface area contributed by atoms with E-state index < -0.39 is 0 Å². The summed E-state index contributed by atoms with van der Waals surface area (Å²) in [5.74, 6) is 0.866. The minimum absolute atomic E-state index is 0.0229. The van der Waals surface area contributed by atoms with Crippen LogP contribution in [0.4, 0.5) is 0 Å². The first-order chi connectivity index (χ1) is 11.5. The van der Waals surface area contributed by atoms with E-state index in [1.54, 1.807) is 13.3 Å². The van der Waals surface area contributed by atoms with E-state index in [2.05, 4.69) is 42.8 Å². The van der Waals surface area contributed by atoms with Crippen molar-refractivity contribution in [1.82, 2.24) is 4.90 Å². The number of hydrogen-bond acceptors (Lipinski definition) is 5. The van der Waals surface area contributed by atoms with Gasteiger partial charge in [-0.1, -0.05) is 32.9 Å². The molecule has 1 saturated heterocycles. The molecule has 2 aliphatic rings. The van der Waals surface area contributed by atoms with Crippen LogP contribution >= 0.6 is 0 Å². The first-order valence-corrected chi connectivity index (χ1v) is 8.37. The molecule has 24 heavy (non-hydrogen) atoms. The Balaban J connectivity index is 1.55. The highest BCUT2D eigenvalue weighted by Crippen LogP contribution is 2.25. The number of fused-ring (bicyclic) bond motifs is 1.